The summed E-state index contributed by atoms with van der Waals surface area (Å²) in [5, 5.41) is 8.74. The third-order valence-corrected chi connectivity index (χ3v) is 3.94. The maximum absolute atomic E-state index is 12.6. The highest BCUT2D eigenvalue weighted by Gasteiger charge is 2.20. The Morgan fingerprint density at radius 2 is 2.30 bits per heavy atom. The molecule has 104 valence electrons. The van der Waals surface area contributed by atoms with Crippen LogP contribution in [0.25, 0.3) is 0 Å². The summed E-state index contributed by atoms with van der Waals surface area (Å²) in [6, 6.07) is 7.61. The van der Waals surface area contributed by atoms with Gasteiger partial charge in [0.05, 0.1) is 30.9 Å². The second-order valence-corrected chi connectivity index (χ2v) is 6.00. The third-order valence-electron chi connectivity index (χ3n) is 2.98. The molecule has 0 fully saturated rings. The van der Waals surface area contributed by atoms with Crippen LogP contribution in [0.2, 0.25) is 0 Å². The molecule has 0 atom stereocenters. The molecule has 2 aromatic heterocycles. The van der Waals surface area contributed by atoms with Gasteiger partial charge in [-0.3, -0.25) is 4.79 Å². The van der Waals surface area contributed by atoms with Crippen LogP contribution in [0.15, 0.2) is 28.9 Å². The topological polar surface area (TPSA) is 57.2 Å². The van der Waals surface area contributed by atoms with Crippen molar-refractivity contribution in [2.75, 3.05) is 6.54 Å². The number of aryl methyl sites for hydroxylation is 2. The predicted molar refractivity (Wildman–Crippen MR) is 77.5 cm³/mol. The van der Waals surface area contributed by atoms with Gasteiger partial charge in [0.15, 0.2) is 0 Å². The lowest BCUT2D eigenvalue weighted by Gasteiger charge is -2.20. The molecule has 0 saturated heterocycles. The number of carbonyl (C=O) groups excluding carboxylic acids is 1. The summed E-state index contributed by atoms with van der Waals surface area (Å²) in [6.45, 7) is 4.73. The molecule has 0 aliphatic carbocycles. The van der Waals surface area contributed by atoms with Crippen LogP contribution < -0.4 is 0 Å². The number of hydrogen-bond acceptors (Lipinski definition) is 4. The third kappa shape index (κ3) is 3.28. The summed E-state index contributed by atoms with van der Waals surface area (Å²) in [5.41, 5.74) is 0.719. The van der Waals surface area contributed by atoms with Crippen molar-refractivity contribution in [3.05, 3.63) is 45.5 Å². The van der Waals surface area contributed by atoms with Crippen LogP contribution in [-0.2, 0) is 6.54 Å². The molecule has 0 bridgehead atoms. The fourth-order valence-corrected chi connectivity index (χ4v) is 2.96. The first-order chi connectivity index (χ1) is 9.61. The highest BCUT2D eigenvalue weighted by molar-refractivity contribution is 7.12. The zero-order chi connectivity index (χ0) is 14.5. The van der Waals surface area contributed by atoms with E-state index >= 15 is 0 Å². The summed E-state index contributed by atoms with van der Waals surface area (Å²) in [7, 11) is 0. The summed E-state index contributed by atoms with van der Waals surface area (Å²) < 4.78 is 5.29. The van der Waals surface area contributed by atoms with E-state index in [0.29, 0.717) is 19.5 Å². The minimum atomic E-state index is -0.0431. The number of thiophene rings is 1. The molecule has 0 spiro atoms. The van der Waals surface area contributed by atoms with Crippen LogP contribution in [0.4, 0.5) is 0 Å². The van der Waals surface area contributed by atoms with Gasteiger partial charge in [0.1, 0.15) is 5.76 Å². The first-order valence-electron chi connectivity index (χ1n) is 6.37. The van der Waals surface area contributed by atoms with Gasteiger partial charge in [-0.25, -0.2) is 0 Å². The molecule has 2 aromatic rings. The van der Waals surface area contributed by atoms with Crippen LogP contribution in [0.3, 0.4) is 0 Å². The molecule has 2 heterocycles. The normalized spacial score (nSPS) is 10.2. The van der Waals surface area contributed by atoms with Crippen molar-refractivity contribution in [1.29, 1.82) is 5.26 Å². The van der Waals surface area contributed by atoms with E-state index in [2.05, 4.69) is 6.07 Å². The van der Waals surface area contributed by atoms with Crippen molar-refractivity contribution in [3.8, 4) is 6.07 Å². The summed E-state index contributed by atoms with van der Waals surface area (Å²) in [6.07, 6.45) is 1.90. The van der Waals surface area contributed by atoms with Gasteiger partial charge in [-0.1, -0.05) is 0 Å². The molecule has 0 saturated carbocycles. The summed E-state index contributed by atoms with van der Waals surface area (Å²) >= 11 is 1.61. The second-order valence-electron chi connectivity index (χ2n) is 4.54. The molecule has 4 nitrogen and oxygen atoms in total. The molecular formula is C15H16N2O2S. The van der Waals surface area contributed by atoms with Crippen molar-refractivity contribution in [1.82, 2.24) is 4.90 Å². The fraction of sp³-hybridized carbons (Fsp3) is 0.333. The van der Waals surface area contributed by atoms with Crippen molar-refractivity contribution >= 4 is 17.2 Å². The van der Waals surface area contributed by atoms with Gasteiger partial charge < -0.3 is 9.32 Å². The van der Waals surface area contributed by atoms with Gasteiger partial charge in [-0.05, 0) is 32.0 Å². The van der Waals surface area contributed by atoms with Gasteiger partial charge in [0.25, 0.3) is 5.91 Å². The molecule has 20 heavy (non-hydrogen) atoms. The quantitative estimate of drug-likeness (QED) is 0.846. The van der Waals surface area contributed by atoms with Crippen molar-refractivity contribution in [2.24, 2.45) is 0 Å². The highest BCUT2D eigenvalue weighted by atomic mass is 32.1. The minimum absolute atomic E-state index is 0.0431. The zero-order valence-electron chi connectivity index (χ0n) is 11.5. The summed E-state index contributed by atoms with van der Waals surface area (Å²) in [4.78, 5) is 16.4. The molecule has 0 aliphatic heterocycles. The molecule has 0 aliphatic rings. The standard InChI is InChI=1S/C15H16N2O2S/c1-11-9-14(12(2)20-11)15(18)17(7-4-6-16)10-13-5-3-8-19-13/h3,5,8-9H,4,7,10H2,1-2H3. The monoisotopic (exact) mass is 288 g/mol. The Labute approximate surface area is 122 Å². The Bertz CT molecular complexity index is 623. The molecule has 5 heteroatoms. The number of hydrogen-bond donors (Lipinski definition) is 0. The van der Waals surface area contributed by atoms with E-state index in [1.165, 1.54) is 0 Å². The first kappa shape index (κ1) is 14.4. The van der Waals surface area contributed by atoms with E-state index in [4.69, 9.17) is 9.68 Å². The van der Waals surface area contributed by atoms with Crippen molar-refractivity contribution in [3.63, 3.8) is 0 Å². The Balaban J connectivity index is 2.19. The number of amides is 1. The second kappa shape index (κ2) is 6.40. The molecule has 1 amide bonds. The van der Waals surface area contributed by atoms with E-state index in [1.807, 2.05) is 26.0 Å². The number of furan rings is 1. The minimum Gasteiger partial charge on any atom is -0.467 e. The van der Waals surface area contributed by atoms with Gasteiger partial charge in [0, 0.05) is 16.3 Å². The molecule has 0 radical (unpaired) electrons. The Hall–Kier alpha value is -2.06. The summed E-state index contributed by atoms with van der Waals surface area (Å²) in [5.74, 6) is 0.680. The molecule has 0 N–H and O–H groups in total. The molecule has 0 aromatic carbocycles. The molecular weight excluding hydrogens is 272 g/mol. The Morgan fingerprint density at radius 1 is 1.50 bits per heavy atom. The van der Waals surface area contributed by atoms with Crippen LogP contribution >= 0.6 is 11.3 Å². The maximum Gasteiger partial charge on any atom is 0.255 e. The van der Waals surface area contributed by atoms with E-state index < -0.39 is 0 Å². The average molecular weight is 288 g/mol. The lowest BCUT2D eigenvalue weighted by Crippen LogP contribution is -2.31. The van der Waals surface area contributed by atoms with Crippen LogP contribution in [0.5, 0.6) is 0 Å². The predicted octanol–water partition coefficient (Wildman–Crippen LogP) is 3.51. The van der Waals surface area contributed by atoms with Gasteiger partial charge in [-0.2, -0.15) is 5.26 Å². The van der Waals surface area contributed by atoms with Crippen LogP contribution in [0.1, 0.15) is 32.3 Å². The fourth-order valence-electron chi connectivity index (χ4n) is 2.04. The largest absolute Gasteiger partial charge is 0.467 e. The van der Waals surface area contributed by atoms with Gasteiger partial charge >= 0.3 is 0 Å². The molecule has 2 rings (SSSR count). The Morgan fingerprint density at radius 3 is 2.85 bits per heavy atom. The highest BCUT2D eigenvalue weighted by Crippen LogP contribution is 2.23. The maximum atomic E-state index is 12.6. The van der Waals surface area contributed by atoms with E-state index in [-0.39, 0.29) is 5.91 Å². The average Bonchev–Trinajstić information content (AvgIpc) is 3.03. The number of nitrogens with zero attached hydrogens (tertiary/aromatic N) is 2. The van der Waals surface area contributed by atoms with E-state index in [1.54, 1.807) is 28.6 Å². The lowest BCUT2D eigenvalue weighted by molar-refractivity contribution is 0.0735. The Kier molecular flexibility index (Phi) is 4.59. The number of rotatable bonds is 5. The van der Waals surface area contributed by atoms with Gasteiger partial charge in [-0.15, -0.1) is 11.3 Å². The zero-order valence-corrected chi connectivity index (χ0v) is 12.4. The van der Waals surface area contributed by atoms with Crippen molar-refractivity contribution < 1.29 is 9.21 Å². The van der Waals surface area contributed by atoms with Crippen LogP contribution in [0, 0.1) is 25.2 Å². The van der Waals surface area contributed by atoms with E-state index in [9.17, 15) is 4.79 Å². The van der Waals surface area contributed by atoms with Crippen LogP contribution in [-0.4, -0.2) is 17.4 Å². The lowest BCUT2D eigenvalue weighted by atomic mass is 10.2. The van der Waals surface area contributed by atoms with Crippen molar-refractivity contribution in [2.45, 2.75) is 26.8 Å². The number of carbonyl (C=O) groups is 1. The van der Waals surface area contributed by atoms with Gasteiger partial charge in [0.2, 0.25) is 0 Å². The van der Waals surface area contributed by atoms with E-state index in [0.717, 1.165) is 21.1 Å². The molecule has 0 unspecified atom stereocenters. The first-order valence-corrected chi connectivity index (χ1v) is 7.19. The smallest absolute Gasteiger partial charge is 0.255 e. The number of nitriles is 1. The SMILES string of the molecule is Cc1cc(C(=O)N(CCC#N)Cc2ccco2)c(C)s1.